The fraction of sp³-hybridized carbons (Fsp3) is 0.538. The lowest BCUT2D eigenvalue weighted by atomic mass is 9.90. The normalized spacial score (nSPS) is 19.4. The Bertz CT molecular complexity index is 258. The first-order valence-electron chi connectivity index (χ1n) is 5.44. The van der Waals surface area contributed by atoms with Gasteiger partial charge >= 0.3 is 0 Å². The van der Waals surface area contributed by atoms with Crippen molar-refractivity contribution in [2.75, 3.05) is 0 Å². The van der Waals surface area contributed by atoms with Crippen LogP contribution >= 0.6 is 0 Å². The molecule has 0 fully saturated rings. The first kappa shape index (κ1) is 11.2. The van der Waals surface area contributed by atoms with Crippen molar-refractivity contribution in [3.05, 3.63) is 35.7 Å². The van der Waals surface area contributed by atoms with Crippen molar-refractivity contribution < 1.29 is 4.39 Å². The molecule has 0 amide bonds. The van der Waals surface area contributed by atoms with Crippen LogP contribution in [0.3, 0.4) is 0 Å². The number of hydrogen-bond donors (Lipinski definition) is 0. The van der Waals surface area contributed by atoms with Crippen LogP contribution in [0.2, 0.25) is 0 Å². The summed E-state index contributed by atoms with van der Waals surface area (Å²) in [4.78, 5) is 0. The minimum atomic E-state index is 0.0186. The van der Waals surface area contributed by atoms with Crippen molar-refractivity contribution in [2.24, 2.45) is 5.92 Å². The topological polar surface area (TPSA) is 0 Å². The van der Waals surface area contributed by atoms with Gasteiger partial charge in [-0.15, -0.1) is 0 Å². The summed E-state index contributed by atoms with van der Waals surface area (Å²) in [6.07, 6.45) is 11.6. The zero-order valence-electron chi connectivity index (χ0n) is 9.09. The van der Waals surface area contributed by atoms with E-state index >= 15 is 0 Å². The molecule has 1 heteroatoms. The first-order chi connectivity index (χ1) is 6.74. The quantitative estimate of drug-likeness (QED) is 0.576. The summed E-state index contributed by atoms with van der Waals surface area (Å²) >= 11 is 0. The van der Waals surface area contributed by atoms with Gasteiger partial charge in [0, 0.05) is 6.42 Å². The number of hydrogen-bond acceptors (Lipinski definition) is 0. The molecular weight excluding hydrogens is 175 g/mol. The van der Waals surface area contributed by atoms with Crippen molar-refractivity contribution in [3.8, 4) is 0 Å². The molecule has 1 rings (SSSR count). The third-order valence-corrected chi connectivity index (χ3v) is 2.66. The van der Waals surface area contributed by atoms with Gasteiger partial charge in [-0.1, -0.05) is 37.6 Å². The van der Waals surface area contributed by atoms with Crippen LogP contribution in [0.5, 0.6) is 0 Å². The van der Waals surface area contributed by atoms with Crippen molar-refractivity contribution in [3.63, 3.8) is 0 Å². The van der Waals surface area contributed by atoms with Crippen LogP contribution in [0.1, 0.15) is 39.5 Å². The summed E-state index contributed by atoms with van der Waals surface area (Å²) in [5, 5.41) is 0. The molecule has 0 aromatic rings. The third-order valence-electron chi connectivity index (χ3n) is 2.66. The van der Waals surface area contributed by atoms with Crippen LogP contribution in [-0.4, -0.2) is 0 Å². The summed E-state index contributed by atoms with van der Waals surface area (Å²) in [6.45, 7) is 4.35. The predicted molar refractivity (Wildman–Crippen MR) is 59.7 cm³/mol. The summed E-state index contributed by atoms with van der Waals surface area (Å²) in [5.41, 5.74) is 1.38. The van der Waals surface area contributed by atoms with E-state index in [2.05, 4.69) is 26.0 Å². The summed E-state index contributed by atoms with van der Waals surface area (Å²) in [5.74, 6) is 0.576. The Hall–Kier alpha value is -0.850. The van der Waals surface area contributed by atoms with Gasteiger partial charge in [-0.3, -0.25) is 0 Å². The van der Waals surface area contributed by atoms with Gasteiger partial charge in [0.25, 0.3) is 0 Å². The molecule has 0 aromatic carbocycles. The molecule has 0 heterocycles. The molecule has 14 heavy (non-hydrogen) atoms. The van der Waals surface area contributed by atoms with Crippen LogP contribution in [-0.2, 0) is 0 Å². The highest BCUT2D eigenvalue weighted by Crippen LogP contribution is 2.26. The van der Waals surface area contributed by atoms with Gasteiger partial charge in [-0.2, -0.15) is 0 Å². The standard InChI is InChI=1S/C13H19F/c1-3-4-5-6-11(2)12-7-9-13(14)10-8-12/h4-5,7,9,11H,3,6,8,10H2,1-2H3/b5-4-. The summed E-state index contributed by atoms with van der Waals surface area (Å²) in [7, 11) is 0. The lowest BCUT2D eigenvalue weighted by molar-refractivity contribution is 0.557. The number of allylic oxidation sites excluding steroid dienone is 6. The molecule has 1 aliphatic carbocycles. The van der Waals surface area contributed by atoms with Crippen molar-refractivity contribution in [1.29, 1.82) is 0 Å². The van der Waals surface area contributed by atoms with Crippen LogP contribution in [0, 0.1) is 5.92 Å². The molecule has 0 N–H and O–H groups in total. The maximum Gasteiger partial charge on any atom is 0.100 e. The molecule has 1 atom stereocenters. The van der Waals surface area contributed by atoms with Crippen LogP contribution in [0.15, 0.2) is 35.7 Å². The van der Waals surface area contributed by atoms with E-state index in [9.17, 15) is 4.39 Å². The smallest absolute Gasteiger partial charge is 0.100 e. The Morgan fingerprint density at radius 1 is 1.36 bits per heavy atom. The molecule has 1 unspecified atom stereocenters. The third kappa shape index (κ3) is 3.49. The molecule has 0 spiro atoms. The molecular formula is C13H19F. The van der Waals surface area contributed by atoms with E-state index in [1.54, 1.807) is 6.08 Å². The van der Waals surface area contributed by atoms with E-state index in [1.807, 2.05) is 6.08 Å². The van der Waals surface area contributed by atoms with Gasteiger partial charge in [0.05, 0.1) is 0 Å². The van der Waals surface area contributed by atoms with E-state index in [1.165, 1.54) is 5.57 Å². The first-order valence-corrected chi connectivity index (χ1v) is 5.44. The Balaban J connectivity index is 2.45. The highest BCUT2D eigenvalue weighted by molar-refractivity contribution is 5.22. The SMILES string of the molecule is CC/C=C\CC(C)C1=CC=C(F)CC1. The van der Waals surface area contributed by atoms with Crippen LogP contribution in [0.4, 0.5) is 4.39 Å². The van der Waals surface area contributed by atoms with Gasteiger partial charge < -0.3 is 0 Å². The van der Waals surface area contributed by atoms with Gasteiger partial charge in [-0.25, -0.2) is 4.39 Å². The van der Waals surface area contributed by atoms with E-state index < -0.39 is 0 Å². The van der Waals surface area contributed by atoms with Gasteiger partial charge in [-0.05, 0) is 31.3 Å². The lowest BCUT2D eigenvalue weighted by Crippen LogP contribution is -2.01. The number of halogens is 1. The Kier molecular flexibility index (Phi) is 4.64. The zero-order chi connectivity index (χ0) is 10.4. The zero-order valence-corrected chi connectivity index (χ0v) is 9.09. The van der Waals surface area contributed by atoms with Gasteiger partial charge in [0.15, 0.2) is 0 Å². The predicted octanol–water partition coefficient (Wildman–Crippen LogP) is 4.55. The Morgan fingerprint density at radius 3 is 2.71 bits per heavy atom. The highest BCUT2D eigenvalue weighted by Gasteiger charge is 2.10. The molecule has 0 saturated heterocycles. The maximum atomic E-state index is 12.7. The van der Waals surface area contributed by atoms with Crippen molar-refractivity contribution in [1.82, 2.24) is 0 Å². The monoisotopic (exact) mass is 194 g/mol. The fourth-order valence-electron chi connectivity index (χ4n) is 1.66. The summed E-state index contributed by atoms with van der Waals surface area (Å²) < 4.78 is 12.7. The highest BCUT2D eigenvalue weighted by atomic mass is 19.1. The second kappa shape index (κ2) is 5.79. The van der Waals surface area contributed by atoms with Gasteiger partial charge in [0.1, 0.15) is 5.83 Å². The summed E-state index contributed by atoms with van der Waals surface area (Å²) in [6, 6.07) is 0. The minimum Gasteiger partial charge on any atom is -0.212 e. The van der Waals surface area contributed by atoms with Crippen molar-refractivity contribution >= 4 is 0 Å². The molecule has 0 saturated carbocycles. The molecule has 1 aliphatic rings. The second-order valence-electron chi connectivity index (χ2n) is 3.87. The molecule has 0 aliphatic heterocycles. The van der Waals surface area contributed by atoms with Crippen molar-refractivity contribution in [2.45, 2.75) is 39.5 Å². The average Bonchev–Trinajstić information content (AvgIpc) is 2.19. The van der Waals surface area contributed by atoms with E-state index in [4.69, 9.17) is 0 Å². The molecule has 0 bridgehead atoms. The molecule has 0 nitrogen and oxygen atoms in total. The Morgan fingerprint density at radius 2 is 2.14 bits per heavy atom. The molecule has 78 valence electrons. The largest absolute Gasteiger partial charge is 0.212 e. The lowest BCUT2D eigenvalue weighted by Gasteiger charge is -2.16. The van der Waals surface area contributed by atoms with Crippen LogP contribution < -0.4 is 0 Å². The second-order valence-corrected chi connectivity index (χ2v) is 3.87. The number of rotatable bonds is 4. The van der Waals surface area contributed by atoms with E-state index in [0.29, 0.717) is 12.3 Å². The van der Waals surface area contributed by atoms with Gasteiger partial charge in [0.2, 0.25) is 0 Å². The molecule has 0 aromatic heterocycles. The van der Waals surface area contributed by atoms with E-state index in [0.717, 1.165) is 19.3 Å². The molecule has 0 radical (unpaired) electrons. The minimum absolute atomic E-state index is 0.0186. The fourth-order valence-corrected chi connectivity index (χ4v) is 1.66. The Labute approximate surface area is 86.2 Å². The average molecular weight is 194 g/mol. The van der Waals surface area contributed by atoms with Crippen LogP contribution in [0.25, 0.3) is 0 Å². The maximum absolute atomic E-state index is 12.7. The van der Waals surface area contributed by atoms with E-state index in [-0.39, 0.29) is 5.83 Å².